The predicted octanol–water partition coefficient (Wildman–Crippen LogP) is 6.35. The SMILES string of the molecule is COc1c(C)cccc1CS(=O)(=O)Nc1c(F)ccc2c(Oc3ncccc3-c3ccnc(N[C@H]4CCCNC4)n3)c(C)ccc12. The number of ether oxygens (including phenoxy) is 2. The molecule has 2 aromatic heterocycles. The van der Waals surface area contributed by atoms with Crippen LogP contribution in [0, 0.1) is 19.7 Å². The number of halogens is 1. The van der Waals surface area contributed by atoms with E-state index in [1.54, 1.807) is 54.9 Å². The molecule has 1 fully saturated rings. The third-order valence-corrected chi connectivity index (χ3v) is 9.14. The molecule has 0 spiro atoms. The van der Waals surface area contributed by atoms with Crippen molar-refractivity contribution in [2.45, 2.75) is 38.5 Å². The van der Waals surface area contributed by atoms with Gasteiger partial charge >= 0.3 is 0 Å². The van der Waals surface area contributed by atoms with Crippen molar-refractivity contribution in [1.82, 2.24) is 20.3 Å². The fourth-order valence-corrected chi connectivity index (χ4v) is 6.94. The van der Waals surface area contributed by atoms with Gasteiger partial charge in [-0.15, -0.1) is 0 Å². The Morgan fingerprint density at radius 3 is 2.59 bits per heavy atom. The highest BCUT2D eigenvalue weighted by molar-refractivity contribution is 7.92. The van der Waals surface area contributed by atoms with E-state index in [0.717, 1.165) is 37.1 Å². The van der Waals surface area contributed by atoms with E-state index in [-0.39, 0.29) is 11.7 Å². The second-order valence-electron chi connectivity index (χ2n) is 11.3. The van der Waals surface area contributed by atoms with Gasteiger partial charge in [0.1, 0.15) is 17.3 Å². The number of rotatable bonds is 10. The third kappa shape index (κ3) is 6.73. The second kappa shape index (κ2) is 13.3. The van der Waals surface area contributed by atoms with Crippen LogP contribution in [0.25, 0.3) is 22.0 Å². The molecule has 46 heavy (non-hydrogen) atoms. The van der Waals surface area contributed by atoms with Crippen LogP contribution in [0.5, 0.6) is 17.4 Å². The van der Waals surface area contributed by atoms with Gasteiger partial charge in [0.2, 0.25) is 21.9 Å². The number of methoxy groups -OCH3 is 1. The third-order valence-electron chi connectivity index (χ3n) is 7.93. The van der Waals surface area contributed by atoms with Gasteiger partial charge in [-0.25, -0.2) is 27.8 Å². The number of pyridine rings is 1. The molecule has 5 aromatic rings. The molecule has 0 saturated carbocycles. The molecule has 6 rings (SSSR count). The summed E-state index contributed by atoms with van der Waals surface area (Å²) < 4.78 is 56.4. The molecular formula is C34H35FN6O4S. The van der Waals surface area contributed by atoms with Crippen LogP contribution >= 0.6 is 0 Å². The highest BCUT2D eigenvalue weighted by atomic mass is 32.2. The van der Waals surface area contributed by atoms with Crippen LogP contribution in [0.15, 0.2) is 73.1 Å². The molecule has 1 atom stereocenters. The fourth-order valence-electron chi connectivity index (χ4n) is 5.71. The minimum Gasteiger partial charge on any atom is -0.496 e. The van der Waals surface area contributed by atoms with Crippen LogP contribution in [0.4, 0.5) is 16.0 Å². The topological polar surface area (TPSA) is 127 Å². The standard InChI is InChI=1S/C34H35FN6O4S/c1-21-7-4-8-23(31(21)44-3)20-46(42,43)41-30-25-12-11-22(2)32(26(25)13-14-28(30)35)45-33-27(10-6-17-37-33)29-15-18-38-34(40-29)39-24-9-5-16-36-19-24/h4,6-8,10-15,17-18,24,36,41H,5,9,16,19-20H2,1-3H3,(H,38,39,40)/t24-/m0/s1. The number of hydrogen-bond donors (Lipinski definition) is 3. The summed E-state index contributed by atoms with van der Waals surface area (Å²) in [5.41, 5.74) is 3.11. The number of fused-ring (bicyclic) bond motifs is 1. The number of nitrogens with zero attached hydrogens (tertiary/aromatic N) is 3. The molecular weight excluding hydrogens is 607 g/mol. The lowest BCUT2D eigenvalue weighted by Crippen LogP contribution is -2.38. The number of piperidine rings is 1. The van der Waals surface area contributed by atoms with E-state index in [1.807, 2.05) is 26.0 Å². The first-order valence-corrected chi connectivity index (χ1v) is 16.7. The summed E-state index contributed by atoms with van der Waals surface area (Å²) in [7, 11) is -2.55. The Hall–Kier alpha value is -4.81. The van der Waals surface area contributed by atoms with Crippen molar-refractivity contribution >= 4 is 32.4 Å². The number of anilines is 2. The normalized spacial score (nSPS) is 15.0. The Morgan fingerprint density at radius 2 is 1.78 bits per heavy atom. The molecule has 12 heteroatoms. The smallest absolute Gasteiger partial charge is 0.237 e. The van der Waals surface area contributed by atoms with Crippen LogP contribution < -0.4 is 24.8 Å². The van der Waals surface area contributed by atoms with Gasteiger partial charge in [-0.2, -0.15) is 0 Å². The average molecular weight is 643 g/mol. The van der Waals surface area contributed by atoms with Gasteiger partial charge in [0.25, 0.3) is 0 Å². The van der Waals surface area contributed by atoms with Crippen LogP contribution in [-0.4, -0.2) is 49.6 Å². The van der Waals surface area contributed by atoms with E-state index in [4.69, 9.17) is 14.5 Å². The number of benzene rings is 3. The molecule has 238 valence electrons. The first kappa shape index (κ1) is 31.2. The van der Waals surface area contributed by atoms with Crippen LogP contribution in [0.2, 0.25) is 0 Å². The molecule has 0 bridgehead atoms. The molecule has 1 aliphatic rings. The van der Waals surface area contributed by atoms with Crippen molar-refractivity contribution < 1.29 is 22.3 Å². The van der Waals surface area contributed by atoms with Gasteiger partial charge in [-0.3, -0.25) is 4.72 Å². The average Bonchev–Trinajstić information content (AvgIpc) is 3.04. The zero-order chi connectivity index (χ0) is 32.3. The first-order chi connectivity index (χ1) is 22.2. The van der Waals surface area contributed by atoms with Crippen molar-refractivity contribution in [1.29, 1.82) is 0 Å². The van der Waals surface area contributed by atoms with Crippen LogP contribution in [0.3, 0.4) is 0 Å². The lowest BCUT2D eigenvalue weighted by Gasteiger charge is -2.23. The van der Waals surface area contributed by atoms with E-state index in [1.165, 1.54) is 13.2 Å². The van der Waals surface area contributed by atoms with Crippen LogP contribution in [-0.2, 0) is 15.8 Å². The quantitative estimate of drug-likeness (QED) is 0.160. The summed E-state index contributed by atoms with van der Waals surface area (Å²) in [5.74, 6) is 0.584. The van der Waals surface area contributed by atoms with Crippen molar-refractivity contribution in [2.75, 3.05) is 30.2 Å². The number of para-hydroxylation sites is 1. The number of sulfonamides is 1. The maximum Gasteiger partial charge on any atom is 0.237 e. The Balaban J connectivity index is 1.33. The number of nitrogens with one attached hydrogen (secondary N) is 3. The lowest BCUT2D eigenvalue weighted by molar-refractivity contribution is 0.408. The monoisotopic (exact) mass is 642 g/mol. The van der Waals surface area contributed by atoms with E-state index in [2.05, 4.69) is 25.3 Å². The molecule has 1 saturated heterocycles. The van der Waals surface area contributed by atoms with Crippen LogP contribution in [0.1, 0.15) is 29.5 Å². The summed E-state index contributed by atoms with van der Waals surface area (Å²) in [5, 5.41) is 7.64. The molecule has 0 aliphatic carbocycles. The highest BCUT2D eigenvalue weighted by Crippen LogP contribution is 2.40. The zero-order valence-corrected chi connectivity index (χ0v) is 26.6. The van der Waals surface area contributed by atoms with Crippen molar-refractivity contribution in [3.05, 3.63) is 95.6 Å². The summed E-state index contributed by atoms with van der Waals surface area (Å²) in [6.07, 6.45) is 5.42. The summed E-state index contributed by atoms with van der Waals surface area (Å²) in [6.45, 7) is 5.54. The minimum absolute atomic E-state index is 0.168. The Bertz CT molecular complexity index is 2000. The van der Waals surface area contributed by atoms with Gasteiger partial charge < -0.3 is 20.1 Å². The minimum atomic E-state index is -4.04. The fraction of sp³-hybridized carbons (Fsp3) is 0.265. The molecule has 3 aromatic carbocycles. The molecule has 3 heterocycles. The second-order valence-corrected chi connectivity index (χ2v) is 13.0. The molecule has 0 radical (unpaired) electrons. The Labute approximate surface area is 267 Å². The summed E-state index contributed by atoms with van der Waals surface area (Å²) in [6, 6.07) is 17.2. The Morgan fingerprint density at radius 1 is 0.957 bits per heavy atom. The highest BCUT2D eigenvalue weighted by Gasteiger charge is 2.22. The molecule has 0 amide bonds. The van der Waals surface area contributed by atoms with E-state index >= 15 is 4.39 Å². The summed E-state index contributed by atoms with van der Waals surface area (Å²) in [4.78, 5) is 13.6. The van der Waals surface area contributed by atoms with E-state index in [0.29, 0.717) is 50.9 Å². The van der Waals surface area contributed by atoms with Crippen molar-refractivity contribution in [3.63, 3.8) is 0 Å². The first-order valence-electron chi connectivity index (χ1n) is 15.0. The van der Waals surface area contributed by atoms with Gasteiger partial charge in [-0.1, -0.05) is 30.3 Å². The zero-order valence-electron chi connectivity index (χ0n) is 25.8. The predicted molar refractivity (Wildman–Crippen MR) is 177 cm³/mol. The molecule has 0 unspecified atom stereocenters. The van der Waals surface area contributed by atoms with Crippen molar-refractivity contribution in [3.8, 4) is 28.6 Å². The summed E-state index contributed by atoms with van der Waals surface area (Å²) >= 11 is 0. The number of aryl methyl sites for hydroxylation is 2. The van der Waals surface area contributed by atoms with Gasteiger partial charge in [-0.05, 0) is 74.7 Å². The maximum atomic E-state index is 15.3. The number of hydrogen-bond acceptors (Lipinski definition) is 9. The maximum absolute atomic E-state index is 15.3. The van der Waals surface area contributed by atoms with Gasteiger partial charge in [0, 0.05) is 41.3 Å². The largest absolute Gasteiger partial charge is 0.496 e. The lowest BCUT2D eigenvalue weighted by atomic mass is 10.0. The van der Waals surface area contributed by atoms with Gasteiger partial charge in [0.05, 0.1) is 29.8 Å². The molecule has 10 nitrogen and oxygen atoms in total. The van der Waals surface area contributed by atoms with Crippen molar-refractivity contribution in [2.24, 2.45) is 0 Å². The number of aromatic nitrogens is 3. The Kier molecular flexibility index (Phi) is 9.00. The van der Waals surface area contributed by atoms with Gasteiger partial charge in [0.15, 0.2) is 0 Å². The van der Waals surface area contributed by atoms with E-state index in [9.17, 15) is 8.42 Å². The molecule has 3 N–H and O–H groups in total. The van der Waals surface area contributed by atoms with E-state index < -0.39 is 21.6 Å². The molecule has 1 aliphatic heterocycles.